The van der Waals surface area contributed by atoms with Gasteiger partial charge in [-0.05, 0) is 24.6 Å². The van der Waals surface area contributed by atoms with Gasteiger partial charge in [-0.25, -0.2) is 0 Å². The number of carbonyl (C=O) groups excluding carboxylic acids is 1. The number of aryl methyl sites for hydroxylation is 1. The van der Waals surface area contributed by atoms with Crippen molar-refractivity contribution in [2.75, 3.05) is 31.1 Å². The van der Waals surface area contributed by atoms with Crippen LogP contribution < -0.4 is 10.5 Å². The highest BCUT2D eigenvalue weighted by Crippen LogP contribution is 2.20. The summed E-state index contributed by atoms with van der Waals surface area (Å²) in [6, 6.07) is 13.2. The summed E-state index contributed by atoms with van der Waals surface area (Å²) in [5, 5.41) is 0. The minimum absolute atomic E-state index is 0.00253. The second-order valence-corrected chi connectivity index (χ2v) is 5.82. The molecule has 5 heteroatoms. The Morgan fingerprint density at radius 2 is 1.70 bits per heavy atom. The van der Waals surface area contributed by atoms with Gasteiger partial charge in [-0.3, -0.25) is 9.59 Å². The highest BCUT2D eigenvalue weighted by atomic mass is 16.2. The molecule has 1 aliphatic rings. The van der Waals surface area contributed by atoms with E-state index in [2.05, 4.69) is 24.0 Å². The number of rotatable bonds is 3. The Kier molecular flexibility index (Phi) is 4.46. The maximum atomic E-state index is 12.4. The van der Waals surface area contributed by atoms with Crippen LogP contribution in [0.15, 0.2) is 53.5 Å². The zero-order valence-corrected chi connectivity index (χ0v) is 13.3. The molecule has 5 nitrogen and oxygen atoms in total. The highest BCUT2D eigenvalue weighted by Gasteiger charge is 2.22. The van der Waals surface area contributed by atoms with E-state index < -0.39 is 0 Å². The monoisotopic (exact) mass is 311 g/mol. The summed E-state index contributed by atoms with van der Waals surface area (Å²) >= 11 is 0. The predicted molar refractivity (Wildman–Crippen MR) is 90.7 cm³/mol. The van der Waals surface area contributed by atoms with Crippen LogP contribution in [0.4, 0.5) is 5.69 Å². The van der Waals surface area contributed by atoms with Crippen molar-refractivity contribution in [2.24, 2.45) is 0 Å². The number of anilines is 1. The second-order valence-electron chi connectivity index (χ2n) is 5.82. The SMILES string of the molecule is Cc1ccccc1N1CCN(C(=O)Cn2ccccc2=O)CC1. The van der Waals surface area contributed by atoms with Crippen molar-refractivity contribution >= 4 is 11.6 Å². The number of hydrogen-bond acceptors (Lipinski definition) is 3. The molecule has 0 spiro atoms. The standard InChI is InChI=1S/C18H21N3O2/c1-15-6-2-3-7-16(15)19-10-12-20(13-11-19)18(23)14-21-9-5-4-8-17(21)22/h2-9H,10-14H2,1H3. The highest BCUT2D eigenvalue weighted by molar-refractivity contribution is 5.76. The largest absolute Gasteiger partial charge is 0.368 e. The molecule has 0 saturated carbocycles. The van der Waals surface area contributed by atoms with Gasteiger partial charge in [-0.15, -0.1) is 0 Å². The van der Waals surface area contributed by atoms with Crippen LogP contribution in [0.3, 0.4) is 0 Å². The maximum absolute atomic E-state index is 12.4. The fraction of sp³-hybridized carbons (Fsp3) is 0.333. The average molecular weight is 311 g/mol. The summed E-state index contributed by atoms with van der Waals surface area (Å²) in [5.74, 6) is 0.00253. The first kappa shape index (κ1) is 15.3. The molecule has 3 rings (SSSR count). The van der Waals surface area contributed by atoms with E-state index in [1.165, 1.54) is 21.9 Å². The summed E-state index contributed by atoms with van der Waals surface area (Å²) in [6.45, 7) is 5.24. The van der Waals surface area contributed by atoms with Crippen LogP contribution in [0.1, 0.15) is 5.56 Å². The first-order chi connectivity index (χ1) is 11.1. The number of pyridine rings is 1. The van der Waals surface area contributed by atoms with Gasteiger partial charge < -0.3 is 14.4 Å². The van der Waals surface area contributed by atoms with Crippen LogP contribution in [0, 0.1) is 6.92 Å². The van der Waals surface area contributed by atoms with E-state index in [1.54, 1.807) is 18.3 Å². The Morgan fingerprint density at radius 1 is 1.00 bits per heavy atom. The Bertz CT molecular complexity index is 746. The van der Waals surface area contributed by atoms with Crippen molar-refractivity contribution in [3.63, 3.8) is 0 Å². The van der Waals surface area contributed by atoms with Gasteiger partial charge in [0.05, 0.1) is 0 Å². The van der Waals surface area contributed by atoms with Crippen LogP contribution in [-0.2, 0) is 11.3 Å². The fourth-order valence-electron chi connectivity index (χ4n) is 2.95. The third-order valence-electron chi connectivity index (χ3n) is 4.29. The zero-order valence-electron chi connectivity index (χ0n) is 13.3. The lowest BCUT2D eigenvalue weighted by Gasteiger charge is -2.36. The number of nitrogens with zero attached hydrogens (tertiary/aromatic N) is 3. The Labute approximate surface area is 135 Å². The molecule has 120 valence electrons. The summed E-state index contributed by atoms with van der Waals surface area (Å²) in [5.41, 5.74) is 2.35. The molecule has 1 aromatic heterocycles. The van der Waals surface area contributed by atoms with E-state index in [0.29, 0.717) is 13.1 Å². The molecule has 0 unspecified atom stereocenters. The smallest absolute Gasteiger partial charge is 0.250 e. The lowest BCUT2D eigenvalue weighted by atomic mass is 10.1. The van der Waals surface area contributed by atoms with Gasteiger partial charge in [-0.1, -0.05) is 24.3 Å². The quantitative estimate of drug-likeness (QED) is 0.863. The fourth-order valence-corrected chi connectivity index (χ4v) is 2.95. The van der Waals surface area contributed by atoms with Crippen molar-refractivity contribution in [1.29, 1.82) is 0 Å². The maximum Gasteiger partial charge on any atom is 0.250 e. The molecule has 1 saturated heterocycles. The molecule has 1 amide bonds. The van der Waals surface area contributed by atoms with E-state index in [-0.39, 0.29) is 18.0 Å². The molecule has 23 heavy (non-hydrogen) atoms. The topological polar surface area (TPSA) is 45.5 Å². The molecule has 0 aliphatic carbocycles. The average Bonchev–Trinajstić information content (AvgIpc) is 2.57. The summed E-state index contributed by atoms with van der Waals surface area (Å²) in [7, 11) is 0. The van der Waals surface area contributed by atoms with Gasteiger partial charge in [0.1, 0.15) is 6.54 Å². The molecule has 2 aromatic rings. The molecule has 1 aromatic carbocycles. The van der Waals surface area contributed by atoms with E-state index >= 15 is 0 Å². The number of amides is 1. The third-order valence-corrected chi connectivity index (χ3v) is 4.29. The zero-order chi connectivity index (χ0) is 16.2. The lowest BCUT2D eigenvalue weighted by molar-refractivity contribution is -0.132. The van der Waals surface area contributed by atoms with Crippen LogP contribution >= 0.6 is 0 Å². The first-order valence-electron chi connectivity index (χ1n) is 7.89. The molecular formula is C18H21N3O2. The normalized spacial score (nSPS) is 14.8. The molecule has 1 aliphatic heterocycles. The first-order valence-corrected chi connectivity index (χ1v) is 7.89. The number of carbonyl (C=O) groups is 1. The van der Waals surface area contributed by atoms with Crippen LogP contribution in [0.2, 0.25) is 0 Å². The number of piperazine rings is 1. The van der Waals surface area contributed by atoms with E-state index in [0.717, 1.165) is 13.1 Å². The molecule has 0 radical (unpaired) electrons. The number of para-hydroxylation sites is 1. The van der Waals surface area contributed by atoms with Crippen molar-refractivity contribution in [2.45, 2.75) is 13.5 Å². The molecule has 0 N–H and O–H groups in total. The lowest BCUT2D eigenvalue weighted by Crippen LogP contribution is -2.50. The Morgan fingerprint density at radius 3 is 2.39 bits per heavy atom. The number of benzene rings is 1. The van der Waals surface area contributed by atoms with Crippen LogP contribution in [0.25, 0.3) is 0 Å². The number of aromatic nitrogens is 1. The Balaban J connectivity index is 1.61. The van der Waals surface area contributed by atoms with E-state index in [1.807, 2.05) is 17.0 Å². The summed E-state index contributed by atoms with van der Waals surface area (Å²) < 4.78 is 1.45. The van der Waals surface area contributed by atoms with Crippen molar-refractivity contribution in [3.8, 4) is 0 Å². The predicted octanol–water partition coefficient (Wildman–Crippen LogP) is 1.51. The number of hydrogen-bond donors (Lipinski definition) is 0. The van der Waals surface area contributed by atoms with Crippen LogP contribution in [-0.4, -0.2) is 41.6 Å². The van der Waals surface area contributed by atoms with E-state index in [4.69, 9.17) is 0 Å². The van der Waals surface area contributed by atoms with Crippen molar-refractivity contribution in [1.82, 2.24) is 9.47 Å². The minimum Gasteiger partial charge on any atom is -0.368 e. The molecule has 2 heterocycles. The van der Waals surface area contributed by atoms with Gasteiger partial charge in [0, 0.05) is 44.1 Å². The van der Waals surface area contributed by atoms with Gasteiger partial charge in [-0.2, -0.15) is 0 Å². The Hall–Kier alpha value is -2.56. The summed E-state index contributed by atoms with van der Waals surface area (Å²) in [6.07, 6.45) is 1.66. The second kappa shape index (κ2) is 6.69. The third kappa shape index (κ3) is 3.44. The van der Waals surface area contributed by atoms with Gasteiger partial charge in [0.15, 0.2) is 0 Å². The van der Waals surface area contributed by atoms with Crippen LogP contribution in [0.5, 0.6) is 0 Å². The van der Waals surface area contributed by atoms with Gasteiger partial charge in [0.2, 0.25) is 5.91 Å². The minimum atomic E-state index is -0.139. The van der Waals surface area contributed by atoms with Crippen molar-refractivity contribution < 1.29 is 4.79 Å². The molecular weight excluding hydrogens is 290 g/mol. The molecule has 0 atom stereocenters. The molecule has 1 fully saturated rings. The van der Waals surface area contributed by atoms with Gasteiger partial charge in [0.25, 0.3) is 5.56 Å². The van der Waals surface area contributed by atoms with E-state index in [9.17, 15) is 9.59 Å². The van der Waals surface area contributed by atoms with Crippen molar-refractivity contribution in [3.05, 3.63) is 64.6 Å². The molecule has 0 bridgehead atoms. The van der Waals surface area contributed by atoms with Gasteiger partial charge >= 0.3 is 0 Å². The summed E-state index contributed by atoms with van der Waals surface area (Å²) in [4.78, 5) is 28.2.